The van der Waals surface area contributed by atoms with Crippen LogP contribution in [-0.2, 0) is 16.3 Å². The molecule has 0 radical (unpaired) electrons. The second-order valence-corrected chi connectivity index (χ2v) is 5.65. The third-order valence-electron chi connectivity index (χ3n) is 2.30. The van der Waals surface area contributed by atoms with Crippen LogP contribution < -0.4 is 0 Å². The number of sulfone groups is 1. The van der Waals surface area contributed by atoms with Crippen molar-refractivity contribution in [3.05, 3.63) is 42.5 Å². The maximum absolute atomic E-state index is 11.5. The van der Waals surface area contributed by atoms with Gasteiger partial charge in [-0.05, 0) is 30.5 Å². The molecule has 0 unspecified atom stereocenters. The normalized spacial score (nSPS) is 11.3. The third kappa shape index (κ3) is 3.20. The summed E-state index contributed by atoms with van der Waals surface area (Å²) in [6, 6.07) is 7.09. The highest BCUT2D eigenvalue weighted by Gasteiger charge is 2.10. The standard InChI is InChI=1S/C12H16O2S/c1-3-5-6-11-7-9-12(10-8-11)15(13,14)4-2/h3,7-10H,1,4-6H2,2H3. The maximum atomic E-state index is 11.5. The van der Waals surface area contributed by atoms with Gasteiger partial charge in [0.1, 0.15) is 0 Å². The molecule has 3 heteroatoms. The maximum Gasteiger partial charge on any atom is 0.178 e. The Kier molecular flexibility index (Phi) is 4.09. The lowest BCUT2D eigenvalue weighted by Crippen LogP contribution is -2.03. The second kappa shape index (κ2) is 5.12. The molecule has 2 nitrogen and oxygen atoms in total. The number of aryl methyl sites for hydroxylation is 1. The SMILES string of the molecule is C=CCCc1ccc(S(=O)(=O)CC)cc1. The number of hydrogen-bond donors (Lipinski definition) is 0. The molecule has 15 heavy (non-hydrogen) atoms. The summed E-state index contributed by atoms with van der Waals surface area (Å²) in [5.74, 6) is 0.152. The van der Waals surface area contributed by atoms with E-state index in [0.717, 1.165) is 18.4 Å². The highest BCUT2D eigenvalue weighted by molar-refractivity contribution is 7.91. The molecule has 0 N–H and O–H groups in total. The minimum absolute atomic E-state index is 0.152. The molecule has 0 fully saturated rings. The summed E-state index contributed by atoms with van der Waals surface area (Å²) in [7, 11) is -3.06. The molecule has 0 aromatic heterocycles. The molecule has 0 atom stereocenters. The average molecular weight is 224 g/mol. The van der Waals surface area contributed by atoms with E-state index in [2.05, 4.69) is 6.58 Å². The predicted molar refractivity (Wildman–Crippen MR) is 62.7 cm³/mol. The highest BCUT2D eigenvalue weighted by atomic mass is 32.2. The van der Waals surface area contributed by atoms with Crippen molar-refractivity contribution >= 4 is 9.84 Å². The summed E-state index contributed by atoms with van der Waals surface area (Å²) < 4.78 is 23.0. The van der Waals surface area contributed by atoms with Crippen LogP contribution in [0, 0.1) is 0 Å². The van der Waals surface area contributed by atoms with Crippen LogP contribution in [0.3, 0.4) is 0 Å². The molecule has 0 spiro atoms. The molecule has 1 aromatic rings. The lowest BCUT2D eigenvalue weighted by atomic mass is 10.1. The smallest absolute Gasteiger partial charge is 0.178 e. The van der Waals surface area contributed by atoms with Crippen LogP contribution in [0.4, 0.5) is 0 Å². The summed E-state index contributed by atoms with van der Waals surface area (Å²) >= 11 is 0. The van der Waals surface area contributed by atoms with E-state index >= 15 is 0 Å². The average Bonchev–Trinajstić information content (AvgIpc) is 2.27. The Morgan fingerprint density at radius 1 is 1.27 bits per heavy atom. The summed E-state index contributed by atoms with van der Waals surface area (Å²) in [6.45, 7) is 5.30. The first-order valence-electron chi connectivity index (χ1n) is 5.02. The molecule has 82 valence electrons. The first-order valence-corrected chi connectivity index (χ1v) is 6.68. The summed E-state index contributed by atoms with van der Waals surface area (Å²) in [5, 5.41) is 0. The fraction of sp³-hybridized carbons (Fsp3) is 0.333. The van der Waals surface area contributed by atoms with E-state index in [1.807, 2.05) is 18.2 Å². The highest BCUT2D eigenvalue weighted by Crippen LogP contribution is 2.13. The van der Waals surface area contributed by atoms with Gasteiger partial charge in [-0.1, -0.05) is 25.1 Å². The van der Waals surface area contributed by atoms with Gasteiger partial charge in [0.25, 0.3) is 0 Å². The number of benzene rings is 1. The molecular weight excluding hydrogens is 208 g/mol. The molecular formula is C12H16O2S. The monoisotopic (exact) mass is 224 g/mol. The molecule has 1 aromatic carbocycles. The molecule has 0 saturated carbocycles. The molecule has 0 amide bonds. The lowest BCUT2D eigenvalue weighted by molar-refractivity contribution is 0.597. The van der Waals surface area contributed by atoms with Crippen LogP contribution >= 0.6 is 0 Å². The second-order valence-electron chi connectivity index (χ2n) is 3.37. The fourth-order valence-corrected chi connectivity index (χ4v) is 2.18. The van der Waals surface area contributed by atoms with Gasteiger partial charge in [-0.2, -0.15) is 0 Å². The van der Waals surface area contributed by atoms with Crippen LogP contribution in [0.2, 0.25) is 0 Å². The van der Waals surface area contributed by atoms with Gasteiger partial charge in [0.05, 0.1) is 10.6 Å². The van der Waals surface area contributed by atoms with Gasteiger partial charge >= 0.3 is 0 Å². The van der Waals surface area contributed by atoms with Crippen LogP contribution in [0.15, 0.2) is 41.8 Å². The number of hydrogen-bond acceptors (Lipinski definition) is 2. The van der Waals surface area contributed by atoms with Crippen molar-refractivity contribution in [2.24, 2.45) is 0 Å². The van der Waals surface area contributed by atoms with Gasteiger partial charge in [-0.3, -0.25) is 0 Å². The minimum Gasteiger partial charge on any atom is -0.224 e. The van der Waals surface area contributed by atoms with Crippen LogP contribution in [0.25, 0.3) is 0 Å². The van der Waals surface area contributed by atoms with Gasteiger partial charge in [0.15, 0.2) is 9.84 Å². The summed E-state index contributed by atoms with van der Waals surface area (Å²) in [5.41, 5.74) is 1.14. The van der Waals surface area contributed by atoms with E-state index in [-0.39, 0.29) is 5.75 Å². The van der Waals surface area contributed by atoms with Gasteiger partial charge in [-0.15, -0.1) is 6.58 Å². The Labute approximate surface area is 91.6 Å². The molecule has 0 bridgehead atoms. The van der Waals surface area contributed by atoms with E-state index in [4.69, 9.17) is 0 Å². The predicted octanol–water partition coefficient (Wildman–Crippen LogP) is 2.60. The van der Waals surface area contributed by atoms with Crippen LogP contribution in [0.5, 0.6) is 0 Å². The molecule has 1 rings (SSSR count). The zero-order valence-electron chi connectivity index (χ0n) is 8.94. The van der Waals surface area contributed by atoms with Crippen molar-refractivity contribution in [3.8, 4) is 0 Å². The fourth-order valence-electron chi connectivity index (χ4n) is 1.30. The van der Waals surface area contributed by atoms with Gasteiger partial charge in [-0.25, -0.2) is 8.42 Å². The third-order valence-corrected chi connectivity index (χ3v) is 4.05. The quantitative estimate of drug-likeness (QED) is 0.720. The Balaban J connectivity index is 2.85. The largest absolute Gasteiger partial charge is 0.224 e. The zero-order chi connectivity index (χ0) is 11.3. The topological polar surface area (TPSA) is 34.1 Å². The first-order chi connectivity index (χ1) is 7.10. The molecule has 0 aliphatic carbocycles. The minimum atomic E-state index is -3.06. The first kappa shape index (κ1) is 12.0. The van der Waals surface area contributed by atoms with Crippen LogP contribution in [0.1, 0.15) is 18.9 Å². The number of rotatable bonds is 5. The molecule has 0 aliphatic heterocycles. The van der Waals surface area contributed by atoms with E-state index in [1.54, 1.807) is 19.1 Å². The lowest BCUT2D eigenvalue weighted by Gasteiger charge is -2.02. The zero-order valence-corrected chi connectivity index (χ0v) is 9.76. The summed E-state index contributed by atoms with van der Waals surface area (Å²) in [6.07, 6.45) is 3.69. The van der Waals surface area contributed by atoms with E-state index < -0.39 is 9.84 Å². The van der Waals surface area contributed by atoms with Crippen molar-refractivity contribution in [2.75, 3.05) is 5.75 Å². The van der Waals surface area contributed by atoms with Crippen molar-refractivity contribution in [3.63, 3.8) is 0 Å². The van der Waals surface area contributed by atoms with Crippen molar-refractivity contribution in [1.29, 1.82) is 0 Å². The Hall–Kier alpha value is -1.09. The van der Waals surface area contributed by atoms with Gasteiger partial charge < -0.3 is 0 Å². The molecule has 0 saturated heterocycles. The van der Waals surface area contributed by atoms with Gasteiger partial charge in [0, 0.05) is 0 Å². The van der Waals surface area contributed by atoms with E-state index in [0.29, 0.717) is 4.90 Å². The number of allylic oxidation sites excluding steroid dienone is 1. The molecule has 0 aliphatic rings. The van der Waals surface area contributed by atoms with Crippen molar-refractivity contribution in [1.82, 2.24) is 0 Å². The Morgan fingerprint density at radius 3 is 2.33 bits per heavy atom. The van der Waals surface area contributed by atoms with E-state index in [9.17, 15) is 8.42 Å². The van der Waals surface area contributed by atoms with Crippen LogP contribution in [-0.4, -0.2) is 14.2 Å². The van der Waals surface area contributed by atoms with Gasteiger partial charge in [0.2, 0.25) is 0 Å². The Morgan fingerprint density at radius 2 is 1.87 bits per heavy atom. The van der Waals surface area contributed by atoms with Crippen molar-refractivity contribution < 1.29 is 8.42 Å². The van der Waals surface area contributed by atoms with E-state index in [1.165, 1.54) is 0 Å². The molecule has 0 heterocycles. The van der Waals surface area contributed by atoms with Crippen molar-refractivity contribution in [2.45, 2.75) is 24.7 Å². The Bertz CT molecular complexity index is 415. The summed E-state index contributed by atoms with van der Waals surface area (Å²) in [4.78, 5) is 0.410.